The number of nitrogens with zero attached hydrogens (tertiary/aromatic N) is 4. The molecule has 4 rings (SSSR count). The van der Waals surface area contributed by atoms with Crippen LogP contribution in [-0.4, -0.2) is 39.8 Å². The number of amidine groups is 1. The number of aryl methyl sites for hydroxylation is 2. The number of aromatic nitrogens is 2. The summed E-state index contributed by atoms with van der Waals surface area (Å²) >= 11 is 3.12. The topological polar surface area (TPSA) is 64.6 Å². The Morgan fingerprint density at radius 2 is 2.00 bits per heavy atom. The number of H-pyrrole nitrogens is 1. The van der Waals surface area contributed by atoms with Gasteiger partial charge in [-0.15, -0.1) is 0 Å². The zero-order valence-corrected chi connectivity index (χ0v) is 18.1. The molecule has 2 aliphatic heterocycles. The van der Waals surface area contributed by atoms with Crippen molar-refractivity contribution in [1.82, 2.24) is 15.1 Å². The first kappa shape index (κ1) is 19.1. The Hall–Kier alpha value is -2.19. The number of amides is 1. The van der Waals surface area contributed by atoms with Crippen molar-refractivity contribution in [3.05, 3.63) is 45.6 Å². The second kappa shape index (κ2) is 7.67. The molecular formula is C20H23N5OS2. The first-order valence-corrected chi connectivity index (χ1v) is 11.0. The van der Waals surface area contributed by atoms with E-state index in [0.717, 1.165) is 50.7 Å². The molecule has 2 aromatic rings. The second-order valence-corrected chi connectivity index (χ2v) is 8.86. The Morgan fingerprint density at radius 3 is 2.68 bits per heavy atom. The van der Waals surface area contributed by atoms with Gasteiger partial charge in [0.05, 0.1) is 22.1 Å². The van der Waals surface area contributed by atoms with Crippen LogP contribution in [0.4, 0.5) is 11.4 Å². The van der Waals surface area contributed by atoms with Crippen molar-refractivity contribution in [1.29, 1.82) is 0 Å². The fourth-order valence-electron chi connectivity index (χ4n) is 3.24. The van der Waals surface area contributed by atoms with Gasteiger partial charge in [-0.25, -0.2) is 4.99 Å². The highest BCUT2D eigenvalue weighted by atomic mass is 32.2. The van der Waals surface area contributed by atoms with Crippen LogP contribution in [0.3, 0.4) is 0 Å². The highest BCUT2D eigenvalue weighted by Crippen LogP contribution is 2.50. The summed E-state index contributed by atoms with van der Waals surface area (Å²) in [5.41, 5.74) is 3.71. The van der Waals surface area contributed by atoms with Crippen LogP contribution in [0.2, 0.25) is 0 Å². The molecule has 1 fully saturated rings. The van der Waals surface area contributed by atoms with Crippen molar-refractivity contribution in [2.24, 2.45) is 4.99 Å². The maximum Gasteiger partial charge on any atom is 0.269 e. The predicted octanol–water partition coefficient (Wildman–Crippen LogP) is 4.80. The van der Waals surface area contributed by atoms with Crippen LogP contribution in [0.25, 0.3) is 0 Å². The van der Waals surface area contributed by atoms with E-state index in [1.165, 1.54) is 16.7 Å². The predicted molar refractivity (Wildman–Crippen MR) is 117 cm³/mol. The molecule has 1 aromatic carbocycles. The number of hydrogen-bond acceptors (Lipinski definition) is 6. The summed E-state index contributed by atoms with van der Waals surface area (Å²) in [6.07, 6.45) is 1.97. The van der Waals surface area contributed by atoms with E-state index in [0.29, 0.717) is 6.54 Å². The van der Waals surface area contributed by atoms with Gasteiger partial charge >= 0.3 is 0 Å². The van der Waals surface area contributed by atoms with E-state index in [-0.39, 0.29) is 5.91 Å². The lowest BCUT2D eigenvalue weighted by atomic mass is 10.3. The molecule has 0 radical (unpaired) electrons. The van der Waals surface area contributed by atoms with Crippen molar-refractivity contribution < 1.29 is 4.79 Å². The number of aromatic amines is 1. The molecule has 8 heteroatoms. The van der Waals surface area contributed by atoms with Crippen molar-refractivity contribution in [2.75, 3.05) is 18.5 Å². The van der Waals surface area contributed by atoms with E-state index in [1.807, 2.05) is 37.9 Å². The van der Waals surface area contributed by atoms with E-state index >= 15 is 0 Å². The highest BCUT2D eigenvalue weighted by Gasteiger charge is 2.39. The monoisotopic (exact) mass is 413 g/mol. The lowest BCUT2D eigenvalue weighted by Gasteiger charge is -2.16. The molecule has 2 aliphatic rings. The van der Waals surface area contributed by atoms with Gasteiger partial charge in [0.2, 0.25) is 0 Å². The van der Waals surface area contributed by atoms with E-state index in [1.54, 1.807) is 11.8 Å². The smallest absolute Gasteiger partial charge is 0.269 e. The van der Waals surface area contributed by atoms with E-state index in [2.05, 4.69) is 34.2 Å². The molecule has 1 amide bonds. The quantitative estimate of drug-likeness (QED) is 0.730. The molecule has 0 bridgehead atoms. The number of anilines is 1. The highest BCUT2D eigenvalue weighted by molar-refractivity contribution is 8.19. The molecule has 1 saturated heterocycles. The van der Waals surface area contributed by atoms with E-state index < -0.39 is 0 Å². The van der Waals surface area contributed by atoms with Crippen LogP contribution >= 0.6 is 23.5 Å². The second-order valence-electron chi connectivity index (χ2n) is 6.85. The summed E-state index contributed by atoms with van der Waals surface area (Å²) in [4.78, 5) is 24.0. The number of unbranched alkanes of at least 4 members (excludes halogenated alkanes) is 1. The Bertz CT molecular complexity index is 975. The molecule has 0 unspecified atom stereocenters. The summed E-state index contributed by atoms with van der Waals surface area (Å²) in [6.45, 7) is 6.69. The van der Waals surface area contributed by atoms with Gasteiger partial charge in [-0.05, 0) is 44.2 Å². The Morgan fingerprint density at radius 1 is 1.21 bits per heavy atom. The van der Waals surface area contributed by atoms with Gasteiger partial charge in [-0.2, -0.15) is 5.10 Å². The average molecular weight is 414 g/mol. The number of rotatable bonds is 4. The number of aliphatic imine (C=N–C) groups is 1. The Labute approximate surface area is 173 Å². The zero-order chi connectivity index (χ0) is 19.8. The molecule has 28 heavy (non-hydrogen) atoms. The number of thioether (sulfide) groups is 2. The minimum absolute atomic E-state index is 0.0400. The number of nitrogens with one attached hydrogen (secondary N) is 1. The first-order valence-electron chi connectivity index (χ1n) is 9.36. The van der Waals surface area contributed by atoms with Crippen molar-refractivity contribution >= 4 is 46.0 Å². The molecule has 3 heterocycles. The number of carbonyl (C=O) groups excluding carboxylic acids is 1. The van der Waals surface area contributed by atoms with Gasteiger partial charge in [0.25, 0.3) is 5.91 Å². The van der Waals surface area contributed by atoms with Crippen LogP contribution in [0.15, 0.2) is 44.1 Å². The maximum atomic E-state index is 13.3. The molecule has 0 aliphatic carbocycles. The van der Waals surface area contributed by atoms with E-state index in [9.17, 15) is 4.79 Å². The SMILES string of the molecule is CCCCN1C(=O)/C(=C2\Sc3ccccc3N2C)SC1=Nc1c(C)n[nH]c1C. The van der Waals surface area contributed by atoms with Crippen molar-refractivity contribution in [3.63, 3.8) is 0 Å². The summed E-state index contributed by atoms with van der Waals surface area (Å²) < 4.78 is 0. The van der Waals surface area contributed by atoms with Gasteiger partial charge in [-0.3, -0.25) is 14.8 Å². The summed E-state index contributed by atoms with van der Waals surface area (Å²) in [6, 6.07) is 8.23. The average Bonchev–Trinajstić information content (AvgIpc) is 3.30. The van der Waals surface area contributed by atoms with Crippen LogP contribution in [0, 0.1) is 13.8 Å². The molecule has 0 atom stereocenters. The van der Waals surface area contributed by atoms with Crippen LogP contribution in [-0.2, 0) is 4.79 Å². The lowest BCUT2D eigenvalue weighted by molar-refractivity contribution is -0.122. The Balaban J connectivity index is 1.74. The fraction of sp³-hybridized carbons (Fsp3) is 0.350. The van der Waals surface area contributed by atoms with Gasteiger partial charge in [-0.1, -0.05) is 37.2 Å². The third-order valence-electron chi connectivity index (χ3n) is 4.83. The first-order chi connectivity index (χ1) is 13.5. The molecule has 6 nitrogen and oxygen atoms in total. The van der Waals surface area contributed by atoms with Crippen molar-refractivity contribution in [2.45, 2.75) is 38.5 Å². The van der Waals surface area contributed by atoms with Crippen LogP contribution in [0.5, 0.6) is 0 Å². The normalized spacial score (nSPS) is 20.6. The molecule has 0 saturated carbocycles. The Kier molecular flexibility index (Phi) is 5.25. The molecular weight excluding hydrogens is 390 g/mol. The van der Waals surface area contributed by atoms with Gasteiger partial charge in [0.15, 0.2) is 5.17 Å². The minimum Gasteiger partial charge on any atom is -0.337 e. The van der Waals surface area contributed by atoms with E-state index in [4.69, 9.17) is 4.99 Å². The van der Waals surface area contributed by atoms with Crippen LogP contribution < -0.4 is 4.90 Å². The number of fused-ring (bicyclic) bond motifs is 1. The number of benzene rings is 1. The third kappa shape index (κ3) is 3.24. The minimum atomic E-state index is 0.0400. The number of hydrogen-bond donors (Lipinski definition) is 1. The standard InChI is InChI=1S/C20H23N5OS2/c1-5-6-11-25-18(26)17(19-24(4)14-9-7-8-10-15(14)27-19)28-20(25)21-16-12(2)22-23-13(16)3/h7-10H,5-6,11H2,1-4H3,(H,22,23)/b19-17+,21-20?. The fourth-order valence-corrected chi connectivity index (χ4v) is 5.59. The molecule has 146 valence electrons. The summed E-state index contributed by atoms with van der Waals surface area (Å²) in [5, 5.41) is 8.91. The lowest BCUT2D eigenvalue weighted by Crippen LogP contribution is -2.30. The molecule has 1 aromatic heterocycles. The number of para-hydroxylation sites is 1. The van der Waals surface area contributed by atoms with Gasteiger partial charge < -0.3 is 4.90 Å². The van der Waals surface area contributed by atoms with Crippen molar-refractivity contribution in [3.8, 4) is 0 Å². The zero-order valence-electron chi connectivity index (χ0n) is 16.4. The van der Waals surface area contributed by atoms with Gasteiger partial charge in [0.1, 0.15) is 10.6 Å². The number of carbonyl (C=O) groups is 1. The maximum absolute atomic E-state index is 13.3. The molecule has 0 spiro atoms. The molecule has 1 N–H and O–H groups in total. The van der Waals surface area contributed by atoms with Gasteiger partial charge in [0, 0.05) is 18.5 Å². The summed E-state index contributed by atoms with van der Waals surface area (Å²) in [5.74, 6) is 0.0400. The van der Waals surface area contributed by atoms with Crippen LogP contribution in [0.1, 0.15) is 31.2 Å². The largest absolute Gasteiger partial charge is 0.337 e. The summed E-state index contributed by atoms with van der Waals surface area (Å²) in [7, 11) is 2.02. The third-order valence-corrected chi connectivity index (χ3v) is 7.26.